The molecular weight excluding hydrogens is 334 g/mol. The van der Waals surface area contributed by atoms with E-state index in [1.807, 2.05) is 30.3 Å². The molecule has 2 N–H and O–H groups in total. The first kappa shape index (κ1) is 15.3. The third kappa shape index (κ3) is 3.92. The first-order chi connectivity index (χ1) is 9.97. The van der Waals surface area contributed by atoms with Crippen LogP contribution in [0.2, 0.25) is 0 Å². The summed E-state index contributed by atoms with van der Waals surface area (Å²) in [6.45, 7) is 3.60. The first-order valence-corrected chi connectivity index (χ1v) is 7.12. The van der Waals surface area contributed by atoms with Crippen LogP contribution >= 0.6 is 15.9 Å². The van der Waals surface area contributed by atoms with E-state index in [2.05, 4.69) is 27.8 Å². The molecule has 0 heterocycles. The van der Waals surface area contributed by atoms with E-state index in [-0.39, 0.29) is 6.42 Å². The highest BCUT2D eigenvalue weighted by molar-refractivity contribution is 9.11. The number of nitrogens with one attached hydrogen (secondary N) is 1. The highest BCUT2D eigenvalue weighted by Crippen LogP contribution is 2.16. The third-order valence-corrected chi connectivity index (χ3v) is 3.36. The van der Waals surface area contributed by atoms with Crippen molar-refractivity contribution in [3.63, 3.8) is 0 Å². The summed E-state index contributed by atoms with van der Waals surface area (Å²) in [5.74, 6) is -1.51. The molecule has 1 amide bonds. The van der Waals surface area contributed by atoms with E-state index in [0.717, 1.165) is 10.8 Å². The largest absolute Gasteiger partial charge is 0.480 e. The van der Waals surface area contributed by atoms with E-state index in [0.29, 0.717) is 10.0 Å². The maximum Gasteiger partial charge on any atom is 0.326 e. The van der Waals surface area contributed by atoms with Crippen molar-refractivity contribution in [1.82, 2.24) is 5.32 Å². The van der Waals surface area contributed by atoms with Gasteiger partial charge in [0.15, 0.2) is 0 Å². The number of fused-ring (bicyclic) bond motifs is 1. The third-order valence-electron chi connectivity index (χ3n) is 3.04. The molecule has 0 saturated heterocycles. The van der Waals surface area contributed by atoms with Crippen LogP contribution in [0.4, 0.5) is 0 Å². The summed E-state index contributed by atoms with van der Waals surface area (Å²) < 4.78 is 0.522. The SMILES string of the molecule is C=C(Br)C[C@H](NC(=O)c1ccc2ccccc2c1)C(=O)O. The Morgan fingerprint density at radius 3 is 2.48 bits per heavy atom. The molecular formula is C16H14BrNO3. The van der Waals surface area contributed by atoms with Gasteiger partial charge >= 0.3 is 5.97 Å². The Morgan fingerprint density at radius 2 is 1.86 bits per heavy atom. The number of carbonyl (C=O) groups is 2. The van der Waals surface area contributed by atoms with E-state index in [1.54, 1.807) is 12.1 Å². The maximum atomic E-state index is 12.2. The Morgan fingerprint density at radius 1 is 1.19 bits per heavy atom. The molecule has 0 aliphatic heterocycles. The molecule has 2 aromatic carbocycles. The molecule has 4 nitrogen and oxygen atoms in total. The van der Waals surface area contributed by atoms with Gasteiger partial charge in [0.2, 0.25) is 0 Å². The molecule has 108 valence electrons. The lowest BCUT2D eigenvalue weighted by atomic mass is 10.1. The number of carboxylic acid groups (broad SMARTS) is 1. The molecule has 0 fully saturated rings. The molecule has 21 heavy (non-hydrogen) atoms. The van der Waals surface area contributed by atoms with E-state index < -0.39 is 17.9 Å². The number of carbonyl (C=O) groups excluding carboxylic acids is 1. The first-order valence-electron chi connectivity index (χ1n) is 6.33. The Bertz CT molecular complexity index is 711. The summed E-state index contributed by atoms with van der Waals surface area (Å²) in [6.07, 6.45) is 0.134. The summed E-state index contributed by atoms with van der Waals surface area (Å²) in [7, 11) is 0. The molecule has 0 saturated carbocycles. The van der Waals surface area contributed by atoms with Crippen molar-refractivity contribution < 1.29 is 14.7 Å². The highest BCUT2D eigenvalue weighted by Gasteiger charge is 2.21. The number of hydrogen-bond donors (Lipinski definition) is 2. The molecule has 0 unspecified atom stereocenters. The Hall–Kier alpha value is -2.14. The standard InChI is InChI=1S/C16H14BrNO3/c1-10(17)8-14(16(20)21)18-15(19)13-7-6-11-4-2-3-5-12(11)9-13/h2-7,9,14H,1,8H2,(H,18,19)(H,20,21)/t14-/m0/s1. The second-order valence-electron chi connectivity index (χ2n) is 4.65. The van der Waals surface area contributed by atoms with Crippen LogP contribution < -0.4 is 5.32 Å². The number of halogens is 1. The predicted octanol–water partition coefficient (Wildman–Crippen LogP) is 3.32. The number of amides is 1. The Kier molecular flexibility index (Phi) is 4.75. The molecule has 0 aliphatic rings. The highest BCUT2D eigenvalue weighted by atomic mass is 79.9. The molecule has 1 atom stereocenters. The predicted molar refractivity (Wildman–Crippen MR) is 85.5 cm³/mol. The van der Waals surface area contributed by atoms with Crippen LogP contribution in [0, 0.1) is 0 Å². The molecule has 0 bridgehead atoms. The minimum Gasteiger partial charge on any atom is -0.480 e. The number of aliphatic carboxylic acids is 1. The smallest absolute Gasteiger partial charge is 0.326 e. The van der Waals surface area contributed by atoms with Gasteiger partial charge in [-0.25, -0.2) is 4.79 Å². The summed E-state index contributed by atoms with van der Waals surface area (Å²) in [6, 6.07) is 11.9. The normalized spacial score (nSPS) is 11.9. The quantitative estimate of drug-likeness (QED) is 0.871. The monoisotopic (exact) mass is 347 g/mol. The van der Waals surface area contributed by atoms with Crippen LogP contribution in [0.25, 0.3) is 10.8 Å². The lowest BCUT2D eigenvalue weighted by molar-refractivity contribution is -0.139. The van der Waals surface area contributed by atoms with Crippen molar-refractivity contribution >= 4 is 38.6 Å². The fraction of sp³-hybridized carbons (Fsp3) is 0.125. The fourth-order valence-corrected chi connectivity index (χ4v) is 2.32. The molecule has 0 radical (unpaired) electrons. The Labute approximate surface area is 130 Å². The van der Waals surface area contributed by atoms with E-state index in [9.17, 15) is 9.59 Å². The lowest BCUT2D eigenvalue weighted by Crippen LogP contribution is -2.40. The van der Waals surface area contributed by atoms with Crippen LogP contribution in [0.1, 0.15) is 16.8 Å². The van der Waals surface area contributed by atoms with Gasteiger partial charge in [-0.15, -0.1) is 0 Å². The van der Waals surface area contributed by atoms with Gasteiger partial charge in [0.05, 0.1) is 0 Å². The second-order valence-corrected chi connectivity index (χ2v) is 5.77. The molecule has 5 heteroatoms. The second kappa shape index (κ2) is 6.54. The van der Waals surface area contributed by atoms with Crippen molar-refractivity contribution in [2.45, 2.75) is 12.5 Å². The van der Waals surface area contributed by atoms with Gasteiger partial charge in [-0.2, -0.15) is 0 Å². The summed E-state index contributed by atoms with van der Waals surface area (Å²) >= 11 is 3.11. The topological polar surface area (TPSA) is 66.4 Å². The number of hydrogen-bond acceptors (Lipinski definition) is 2. The van der Waals surface area contributed by atoms with E-state index in [4.69, 9.17) is 5.11 Å². The van der Waals surface area contributed by atoms with Gasteiger partial charge in [0.1, 0.15) is 6.04 Å². The van der Waals surface area contributed by atoms with Gasteiger partial charge in [-0.05, 0) is 27.4 Å². The average molecular weight is 348 g/mol. The molecule has 0 spiro atoms. The van der Waals surface area contributed by atoms with Crippen LogP contribution in [0.15, 0.2) is 53.5 Å². The van der Waals surface area contributed by atoms with Crippen LogP contribution in [-0.4, -0.2) is 23.0 Å². The number of rotatable bonds is 5. The molecule has 2 rings (SSSR count). The number of carboxylic acids is 1. The zero-order valence-corrected chi connectivity index (χ0v) is 12.8. The van der Waals surface area contributed by atoms with E-state index in [1.165, 1.54) is 0 Å². The van der Waals surface area contributed by atoms with Crippen LogP contribution in [-0.2, 0) is 4.79 Å². The average Bonchev–Trinajstić information content (AvgIpc) is 2.45. The summed E-state index contributed by atoms with van der Waals surface area (Å²) in [4.78, 5) is 23.3. The maximum absolute atomic E-state index is 12.2. The van der Waals surface area contributed by atoms with E-state index >= 15 is 0 Å². The minimum absolute atomic E-state index is 0.134. The molecule has 0 aliphatic carbocycles. The number of benzene rings is 2. The van der Waals surface area contributed by atoms with Crippen molar-refractivity contribution in [3.8, 4) is 0 Å². The zero-order chi connectivity index (χ0) is 15.4. The summed E-state index contributed by atoms with van der Waals surface area (Å²) in [5.41, 5.74) is 0.431. The fourth-order valence-electron chi connectivity index (χ4n) is 1.99. The van der Waals surface area contributed by atoms with Crippen LogP contribution in [0.5, 0.6) is 0 Å². The zero-order valence-electron chi connectivity index (χ0n) is 11.2. The van der Waals surface area contributed by atoms with Crippen molar-refractivity contribution in [3.05, 3.63) is 59.1 Å². The minimum atomic E-state index is -1.09. The molecule has 0 aromatic heterocycles. The van der Waals surface area contributed by atoms with Gasteiger partial charge in [-0.1, -0.05) is 52.8 Å². The van der Waals surface area contributed by atoms with Crippen molar-refractivity contribution in [2.75, 3.05) is 0 Å². The lowest BCUT2D eigenvalue weighted by Gasteiger charge is -2.14. The van der Waals surface area contributed by atoms with Gasteiger partial charge in [-0.3, -0.25) is 4.79 Å². The van der Waals surface area contributed by atoms with Gasteiger partial charge in [0.25, 0.3) is 5.91 Å². The van der Waals surface area contributed by atoms with Crippen molar-refractivity contribution in [2.24, 2.45) is 0 Å². The van der Waals surface area contributed by atoms with Gasteiger partial charge in [0, 0.05) is 12.0 Å². The van der Waals surface area contributed by atoms with Crippen LogP contribution in [0.3, 0.4) is 0 Å². The Balaban J connectivity index is 2.20. The summed E-state index contributed by atoms with van der Waals surface area (Å²) in [5, 5.41) is 13.6. The molecule has 2 aromatic rings. The van der Waals surface area contributed by atoms with Gasteiger partial charge < -0.3 is 10.4 Å². The van der Waals surface area contributed by atoms with Crippen molar-refractivity contribution in [1.29, 1.82) is 0 Å².